The Kier molecular flexibility index (Phi) is 5.96. The van der Waals surface area contributed by atoms with E-state index in [1.54, 1.807) is 6.33 Å². The highest BCUT2D eigenvalue weighted by atomic mass is 15.1. The fraction of sp³-hybridized carbons (Fsp3) is 0.667. The third-order valence-electron chi connectivity index (χ3n) is 2.70. The molecule has 4 nitrogen and oxygen atoms in total. The van der Waals surface area contributed by atoms with Crippen LogP contribution in [0.1, 0.15) is 26.3 Å². The molecule has 1 unspecified atom stereocenters. The van der Waals surface area contributed by atoms with Gasteiger partial charge in [-0.2, -0.15) is 0 Å². The van der Waals surface area contributed by atoms with Crippen LogP contribution in [0, 0.1) is 0 Å². The van der Waals surface area contributed by atoms with Crippen molar-refractivity contribution in [3.63, 3.8) is 0 Å². The topological polar surface area (TPSA) is 41.0 Å². The summed E-state index contributed by atoms with van der Waals surface area (Å²) >= 11 is 0. The van der Waals surface area contributed by atoms with Crippen molar-refractivity contribution < 1.29 is 0 Å². The number of aromatic nitrogens is 2. The lowest BCUT2D eigenvalue weighted by molar-refractivity contribution is 0.270. The summed E-state index contributed by atoms with van der Waals surface area (Å²) in [6, 6.07) is 0.486. The maximum atomic E-state index is 3.99. The fourth-order valence-corrected chi connectivity index (χ4v) is 1.65. The molecule has 16 heavy (non-hydrogen) atoms. The van der Waals surface area contributed by atoms with Crippen molar-refractivity contribution in [1.29, 1.82) is 0 Å². The van der Waals surface area contributed by atoms with Crippen LogP contribution in [0.15, 0.2) is 18.7 Å². The van der Waals surface area contributed by atoms with E-state index in [1.165, 1.54) is 0 Å². The number of likely N-dealkylation sites (N-methyl/N-ethyl adjacent to an activating group) is 1. The third kappa shape index (κ3) is 4.68. The van der Waals surface area contributed by atoms with Crippen molar-refractivity contribution in [3.8, 4) is 0 Å². The highest BCUT2D eigenvalue weighted by Gasteiger charge is 2.06. The summed E-state index contributed by atoms with van der Waals surface area (Å²) in [6.45, 7) is 10.7. The molecule has 1 N–H and O–H groups in total. The van der Waals surface area contributed by atoms with Crippen LogP contribution in [0.4, 0.5) is 0 Å². The summed E-state index contributed by atoms with van der Waals surface area (Å²) < 4.78 is 0. The van der Waals surface area contributed by atoms with Gasteiger partial charge in [0.2, 0.25) is 0 Å². The lowest BCUT2D eigenvalue weighted by Gasteiger charge is -2.23. The van der Waals surface area contributed by atoms with Crippen LogP contribution in [-0.2, 0) is 6.54 Å². The molecule has 0 radical (unpaired) electrons. The zero-order valence-corrected chi connectivity index (χ0v) is 10.5. The van der Waals surface area contributed by atoms with Crippen LogP contribution in [-0.4, -0.2) is 40.5 Å². The van der Waals surface area contributed by atoms with Gasteiger partial charge in [-0.1, -0.05) is 13.8 Å². The summed E-state index contributed by atoms with van der Waals surface area (Å²) in [5.74, 6) is 0. The summed E-state index contributed by atoms with van der Waals surface area (Å²) in [6.07, 6.45) is 5.26. The van der Waals surface area contributed by atoms with Crippen LogP contribution in [0.3, 0.4) is 0 Å². The first kappa shape index (κ1) is 13.1. The predicted molar refractivity (Wildman–Crippen MR) is 66.1 cm³/mol. The average molecular weight is 222 g/mol. The Balaban J connectivity index is 2.27. The lowest BCUT2D eigenvalue weighted by atomic mass is 10.2. The standard InChI is InChI=1S/C12H22N4/c1-4-16(5-2)9-11(3)15-8-12-6-13-10-14-7-12/h6-7,10-11,15H,4-5,8-9H2,1-3H3. The van der Waals surface area contributed by atoms with Gasteiger partial charge in [-0.3, -0.25) is 0 Å². The van der Waals surface area contributed by atoms with Crippen LogP contribution in [0.25, 0.3) is 0 Å². The number of nitrogens with one attached hydrogen (secondary N) is 1. The van der Waals surface area contributed by atoms with Gasteiger partial charge in [0, 0.05) is 37.1 Å². The molecule has 1 rings (SSSR count). The van der Waals surface area contributed by atoms with E-state index in [2.05, 4.69) is 41.0 Å². The van der Waals surface area contributed by atoms with Gasteiger partial charge >= 0.3 is 0 Å². The zero-order chi connectivity index (χ0) is 11.8. The first-order chi connectivity index (χ1) is 7.76. The van der Waals surface area contributed by atoms with E-state index in [4.69, 9.17) is 0 Å². The van der Waals surface area contributed by atoms with Gasteiger partial charge in [-0.15, -0.1) is 0 Å². The minimum Gasteiger partial charge on any atom is -0.309 e. The van der Waals surface area contributed by atoms with Crippen molar-refractivity contribution in [2.75, 3.05) is 19.6 Å². The Hall–Kier alpha value is -1.00. The number of hydrogen-bond donors (Lipinski definition) is 1. The van der Waals surface area contributed by atoms with E-state index in [-0.39, 0.29) is 0 Å². The normalized spacial score (nSPS) is 13.0. The highest BCUT2D eigenvalue weighted by molar-refractivity contribution is 5.01. The second-order valence-electron chi connectivity index (χ2n) is 4.01. The van der Waals surface area contributed by atoms with E-state index in [0.29, 0.717) is 6.04 Å². The second-order valence-corrected chi connectivity index (χ2v) is 4.01. The molecule has 0 saturated heterocycles. The Bertz CT molecular complexity index is 272. The van der Waals surface area contributed by atoms with Crippen LogP contribution in [0.2, 0.25) is 0 Å². The SMILES string of the molecule is CCN(CC)CC(C)NCc1cncnc1. The van der Waals surface area contributed by atoms with E-state index in [0.717, 1.165) is 31.7 Å². The molecule has 4 heteroatoms. The van der Waals surface area contributed by atoms with E-state index in [1.807, 2.05) is 12.4 Å². The largest absolute Gasteiger partial charge is 0.309 e. The molecule has 0 aliphatic carbocycles. The molecule has 1 aromatic heterocycles. The highest BCUT2D eigenvalue weighted by Crippen LogP contribution is 1.96. The van der Waals surface area contributed by atoms with E-state index >= 15 is 0 Å². The predicted octanol–water partition coefficient (Wildman–Crippen LogP) is 1.30. The van der Waals surface area contributed by atoms with Crippen molar-refractivity contribution in [2.45, 2.75) is 33.4 Å². The molecular weight excluding hydrogens is 200 g/mol. The van der Waals surface area contributed by atoms with Crippen LogP contribution in [0.5, 0.6) is 0 Å². The third-order valence-corrected chi connectivity index (χ3v) is 2.70. The average Bonchev–Trinajstić information content (AvgIpc) is 2.34. The molecule has 0 amide bonds. The molecule has 0 fully saturated rings. The number of hydrogen-bond acceptors (Lipinski definition) is 4. The molecule has 1 atom stereocenters. The van der Waals surface area contributed by atoms with Gasteiger partial charge in [0.1, 0.15) is 6.33 Å². The molecule has 0 spiro atoms. The van der Waals surface area contributed by atoms with Crippen LogP contribution >= 0.6 is 0 Å². The molecular formula is C12H22N4. The first-order valence-corrected chi connectivity index (χ1v) is 5.95. The second kappa shape index (κ2) is 7.30. The monoisotopic (exact) mass is 222 g/mol. The van der Waals surface area contributed by atoms with Crippen molar-refractivity contribution >= 4 is 0 Å². The minimum atomic E-state index is 0.486. The Labute approximate surface area is 98.1 Å². The maximum Gasteiger partial charge on any atom is 0.115 e. The summed E-state index contributed by atoms with van der Waals surface area (Å²) in [5.41, 5.74) is 1.13. The van der Waals surface area contributed by atoms with Gasteiger partial charge in [-0.05, 0) is 20.0 Å². The van der Waals surface area contributed by atoms with Crippen molar-refractivity contribution in [2.24, 2.45) is 0 Å². The fourth-order valence-electron chi connectivity index (χ4n) is 1.65. The Morgan fingerprint density at radius 3 is 2.44 bits per heavy atom. The number of rotatable bonds is 7. The van der Waals surface area contributed by atoms with Crippen molar-refractivity contribution in [3.05, 3.63) is 24.3 Å². The lowest BCUT2D eigenvalue weighted by Crippen LogP contribution is -2.38. The molecule has 1 heterocycles. The van der Waals surface area contributed by atoms with Gasteiger partial charge < -0.3 is 10.2 Å². The van der Waals surface area contributed by atoms with Crippen molar-refractivity contribution in [1.82, 2.24) is 20.2 Å². The summed E-state index contributed by atoms with van der Waals surface area (Å²) in [5, 5.41) is 3.48. The summed E-state index contributed by atoms with van der Waals surface area (Å²) in [7, 11) is 0. The maximum absolute atomic E-state index is 3.99. The van der Waals surface area contributed by atoms with Gasteiger partial charge in [0.25, 0.3) is 0 Å². The first-order valence-electron chi connectivity index (χ1n) is 5.95. The molecule has 90 valence electrons. The smallest absolute Gasteiger partial charge is 0.115 e. The molecule has 0 aromatic carbocycles. The molecule has 0 bridgehead atoms. The van der Waals surface area contributed by atoms with Gasteiger partial charge in [0.05, 0.1) is 0 Å². The molecule has 1 aromatic rings. The van der Waals surface area contributed by atoms with Crippen LogP contribution < -0.4 is 5.32 Å². The minimum absolute atomic E-state index is 0.486. The Morgan fingerprint density at radius 2 is 1.88 bits per heavy atom. The molecule has 0 aliphatic rings. The van der Waals surface area contributed by atoms with E-state index in [9.17, 15) is 0 Å². The van der Waals surface area contributed by atoms with E-state index < -0.39 is 0 Å². The van der Waals surface area contributed by atoms with Gasteiger partial charge in [-0.25, -0.2) is 9.97 Å². The Morgan fingerprint density at radius 1 is 1.25 bits per heavy atom. The van der Waals surface area contributed by atoms with Gasteiger partial charge in [0.15, 0.2) is 0 Å². The quantitative estimate of drug-likeness (QED) is 0.755. The molecule has 0 saturated carbocycles. The number of nitrogens with zero attached hydrogens (tertiary/aromatic N) is 3. The summed E-state index contributed by atoms with van der Waals surface area (Å²) in [4.78, 5) is 10.4. The molecule has 0 aliphatic heterocycles. The zero-order valence-electron chi connectivity index (χ0n) is 10.5.